The summed E-state index contributed by atoms with van der Waals surface area (Å²) in [7, 11) is 0. The van der Waals surface area contributed by atoms with Crippen LogP contribution in [0.25, 0.3) is 22.2 Å². The van der Waals surface area contributed by atoms with Gasteiger partial charge in [-0.2, -0.15) is 0 Å². The minimum absolute atomic E-state index is 0.609. The van der Waals surface area contributed by atoms with Crippen molar-refractivity contribution in [1.29, 1.82) is 0 Å². The first-order valence-corrected chi connectivity index (χ1v) is 9.01. The van der Waals surface area contributed by atoms with Crippen molar-refractivity contribution in [3.05, 3.63) is 56.1 Å². The molecule has 2 aliphatic carbocycles. The summed E-state index contributed by atoms with van der Waals surface area (Å²) in [4.78, 5) is 1.56. The van der Waals surface area contributed by atoms with Crippen LogP contribution in [0.15, 0.2) is 45.7 Å². The molecule has 1 aliphatic heterocycles. The molecule has 2 aromatic rings. The van der Waals surface area contributed by atoms with Crippen LogP contribution in [0.1, 0.15) is 12.8 Å². The lowest BCUT2D eigenvalue weighted by Crippen LogP contribution is -2.30. The number of rotatable bonds is 0. The van der Waals surface area contributed by atoms with Crippen LogP contribution in [0.5, 0.6) is 0 Å². The third kappa shape index (κ3) is 1.61. The van der Waals surface area contributed by atoms with E-state index in [1.807, 2.05) is 23.1 Å². The number of hydrogen-bond acceptors (Lipinski definition) is 2. The van der Waals surface area contributed by atoms with Gasteiger partial charge in [-0.3, -0.25) is 0 Å². The van der Waals surface area contributed by atoms with Gasteiger partial charge in [0.15, 0.2) is 0 Å². The Bertz CT molecular complexity index is 909. The summed E-state index contributed by atoms with van der Waals surface area (Å²) >= 11 is 3.88. The number of fused-ring (bicyclic) bond motifs is 3. The second kappa shape index (κ2) is 4.12. The van der Waals surface area contributed by atoms with E-state index in [4.69, 9.17) is 0 Å². The number of thiophene rings is 1. The van der Waals surface area contributed by atoms with Crippen molar-refractivity contribution < 1.29 is 0 Å². The molecule has 5 rings (SSSR count). The second-order valence-electron chi connectivity index (χ2n) is 5.77. The molecule has 0 fully saturated rings. The predicted octanol–water partition coefficient (Wildman–Crippen LogP) is 3.81. The zero-order chi connectivity index (χ0) is 13.1. The summed E-state index contributed by atoms with van der Waals surface area (Å²) in [5, 5.41) is 6.39. The lowest BCUT2D eigenvalue weighted by atomic mass is 9.82. The van der Waals surface area contributed by atoms with Crippen molar-refractivity contribution in [1.82, 2.24) is 0 Å². The Balaban J connectivity index is 1.76. The van der Waals surface area contributed by atoms with Gasteiger partial charge in [0.1, 0.15) is 0 Å². The Morgan fingerprint density at radius 1 is 1.10 bits per heavy atom. The topological polar surface area (TPSA) is 0 Å². The van der Waals surface area contributed by atoms with E-state index >= 15 is 0 Å². The minimum Gasteiger partial charge on any atom is -0.144 e. The van der Waals surface area contributed by atoms with Gasteiger partial charge in [0.2, 0.25) is 0 Å². The Morgan fingerprint density at radius 3 is 3.10 bits per heavy atom. The summed E-state index contributed by atoms with van der Waals surface area (Å²) in [6.07, 6.45) is 9.89. The third-order valence-corrected chi connectivity index (χ3v) is 6.57. The molecular weight excluding hydrogens is 280 g/mol. The SMILES string of the molecule is C1=C2C=c3cc4ccsc4cc3=CC2CC2=C1SCC2. The molecule has 3 aliphatic rings. The molecular formula is C18H14S2. The van der Waals surface area contributed by atoms with Crippen molar-refractivity contribution in [2.45, 2.75) is 12.8 Å². The first-order chi connectivity index (χ1) is 9.87. The molecule has 0 nitrogen and oxygen atoms in total. The molecule has 1 unspecified atom stereocenters. The van der Waals surface area contributed by atoms with E-state index in [9.17, 15) is 0 Å². The number of benzene rings is 1. The van der Waals surface area contributed by atoms with Crippen molar-refractivity contribution in [3.63, 3.8) is 0 Å². The van der Waals surface area contributed by atoms with E-state index in [1.54, 1.807) is 10.5 Å². The van der Waals surface area contributed by atoms with Gasteiger partial charge in [-0.15, -0.1) is 23.1 Å². The first kappa shape index (κ1) is 11.4. The maximum atomic E-state index is 2.49. The molecule has 20 heavy (non-hydrogen) atoms. The van der Waals surface area contributed by atoms with Gasteiger partial charge in [-0.05, 0) is 63.9 Å². The van der Waals surface area contributed by atoms with Crippen LogP contribution >= 0.6 is 23.1 Å². The second-order valence-corrected chi connectivity index (χ2v) is 7.86. The molecule has 98 valence electrons. The quantitative estimate of drug-likeness (QED) is 0.712. The lowest BCUT2D eigenvalue weighted by Gasteiger charge is -2.23. The maximum Gasteiger partial charge on any atom is 0.0348 e. The predicted molar refractivity (Wildman–Crippen MR) is 90.3 cm³/mol. The molecule has 2 heteroatoms. The molecule has 0 N–H and O–H groups in total. The number of hydrogen-bond donors (Lipinski definition) is 0. The van der Waals surface area contributed by atoms with Crippen LogP contribution in [0, 0.1) is 5.92 Å². The zero-order valence-corrected chi connectivity index (χ0v) is 12.7. The number of allylic oxidation sites excluding steroid dienone is 3. The summed E-state index contributed by atoms with van der Waals surface area (Å²) in [6.45, 7) is 0. The standard InChI is InChI=1S/C18H14S2/c1-3-19-17-9-15-8-14-6-12-2-4-20-18(12)10-16(14)7-13(15)5-11(1)17/h1,3,5,7-10,14H,2,4,6H2. The fourth-order valence-electron chi connectivity index (χ4n) is 3.51. The maximum absolute atomic E-state index is 2.49. The van der Waals surface area contributed by atoms with E-state index in [-0.39, 0.29) is 0 Å². The van der Waals surface area contributed by atoms with Crippen molar-refractivity contribution in [2.75, 3.05) is 5.75 Å². The molecule has 0 saturated carbocycles. The molecule has 0 saturated heterocycles. The molecule has 0 radical (unpaired) electrons. The van der Waals surface area contributed by atoms with E-state index in [0.29, 0.717) is 5.92 Å². The highest BCUT2D eigenvalue weighted by Crippen LogP contribution is 2.43. The molecule has 0 spiro atoms. The molecule has 1 atom stereocenters. The van der Waals surface area contributed by atoms with Crippen molar-refractivity contribution >= 4 is 45.3 Å². The highest BCUT2D eigenvalue weighted by Gasteiger charge is 2.25. The average molecular weight is 294 g/mol. The van der Waals surface area contributed by atoms with E-state index < -0.39 is 0 Å². The van der Waals surface area contributed by atoms with Gasteiger partial charge in [0.25, 0.3) is 0 Å². The van der Waals surface area contributed by atoms with Gasteiger partial charge in [0, 0.05) is 21.3 Å². The van der Waals surface area contributed by atoms with Crippen LogP contribution in [0.3, 0.4) is 0 Å². The van der Waals surface area contributed by atoms with Crippen molar-refractivity contribution in [3.8, 4) is 0 Å². The Labute approximate surface area is 126 Å². The van der Waals surface area contributed by atoms with Crippen LogP contribution in [0.2, 0.25) is 0 Å². The zero-order valence-electron chi connectivity index (χ0n) is 11.1. The van der Waals surface area contributed by atoms with Gasteiger partial charge in [-0.1, -0.05) is 17.7 Å². The molecule has 2 heterocycles. The van der Waals surface area contributed by atoms with Crippen LogP contribution < -0.4 is 10.4 Å². The fourth-order valence-corrected chi connectivity index (χ4v) is 5.51. The molecule has 1 aromatic carbocycles. The lowest BCUT2D eigenvalue weighted by molar-refractivity contribution is 0.768. The summed E-state index contributed by atoms with van der Waals surface area (Å²) < 4.78 is 1.41. The van der Waals surface area contributed by atoms with Gasteiger partial charge in [0.05, 0.1) is 0 Å². The van der Waals surface area contributed by atoms with E-state index in [0.717, 1.165) is 0 Å². The Morgan fingerprint density at radius 2 is 2.10 bits per heavy atom. The van der Waals surface area contributed by atoms with Gasteiger partial charge >= 0.3 is 0 Å². The highest BCUT2D eigenvalue weighted by atomic mass is 32.2. The van der Waals surface area contributed by atoms with Gasteiger partial charge < -0.3 is 0 Å². The highest BCUT2D eigenvalue weighted by molar-refractivity contribution is 8.03. The normalized spacial score (nSPS) is 23.6. The van der Waals surface area contributed by atoms with Crippen LogP contribution in [-0.4, -0.2) is 5.75 Å². The van der Waals surface area contributed by atoms with Crippen LogP contribution in [0.4, 0.5) is 0 Å². The monoisotopic (exact) mass is 294 g/mol. The van der Waals surface area contributed by atoms with Crippen molar-refractivity contribution in [2.24, 2.45) is 5.92 Å². The Kier molecular flexibility index (Phi) is 2.35. The molecule has 0 amide bonds. The molecule has 0 bridgehead atoms. The van der Waals surface area contributed by atoms with E-state index in [1.165, 1.54) is 44.7 Å². The Hall–Kier alpha value is -1.25. The summed E-state index contributed by atoms with van der Waals surface area (Å²) in [5.41, 5.74) is 3.20. The van der Waals surface area contributed by atoms with Crippen LogP contribution in [-0.2, 0) is 0 Å². The first-order valence-electron chi connectivity index (χ1n) is 7.14. The summed E-state index contributed by atoms with van der Waals surface area (Å²) in [5.74, 6) is 1.89. The minimum atomic E-state index is 0.609. The third-order valence-electron chi connectivity index (χ3n) is 4.56. The van der Waals surface area contributed by atoms with E-state index in [2.05, 4.69) is 41.8 Å². The van der Waals surface area contributed by atoms with Gasteiger partial charge in [-0.25, -0.2) is 0 Å². The fraction of sp³-hybridized carbons (Fsp3) is 0.222. The number of thioether (sulfide) groups is 1. The summed E-state index contributed by atoms with van der Waals surface area (Å²) in [6, 6.07) is 6.94. The molecule has 1 aromatic heterocycles. The largest absolute Gasteiger partial charge is 0.144 e. The smallest absolute Gasteiger partial charge is 0.0348 e. The average Bonchev–Trinajstić information content (AvgIpc) is 3.07.